The molecule has 0 heterocycles. The summed E-state index contributed by atoms with van der Waals surface area (Å²) >= 11 is 0. The van der Waals surface area contributed by atoms with Crippen LogP contribution in [0, 0.1) is 69.5 Å². The van der Waals surface area contributed by atoms with Crippen molar-refractivity contribution in [2.45, 2.75) is 138 Å². The first-order valence-corrected chi connectivity index (χ1v) is 18.4. The summed E-state index contributed by atoms with van der Waals surface area (Å²) in [6, 6.07) is 7.11. The quantitative estimate of drug-likeness (QED) is 0.332. The summed E-state index contributed by atoms with van der Waals surface area (Å²) in [5.74, 6) is 4.59. The number of rotatable bonds is 4. The molecule has 0 spiro atoms. The van der Waals surface area contributed by atoms with Crippen LogP contribution in [0.2, 0.25) is 0 Å². The third-order valence-corrected chi connectivity index (χ3v) is 16.6. The maximum Gasteiger partial charge on any atom is 0.297 e. The summed E-state index contributed by atoms with van der Waals surface area (Å²) in [6.45, 7) is 22.3. The summed E-state index contributed by atoms with van der Waals surface area (Å²) in [4.78, 5) is 0.283. The molecule has 1 aromatic carbocycles. The summed E-state index contributed by atoms with van der Waals surface area (Å²) in [6.07, 6.45) is 12.5. The Morgan fingerprint density at radius 2 is 1.44 bits per heavy atom. The number of hydrogen-bond acceptors (Lipinski definition) is 3. The van der Waals surface area contributed by atoms with Gasteiger partial charge < -0.3 is 0 Å². The highest BCUT2D eigenvalue weighted by atomic mass is 32.2. The lowest BCUT2D eigenvalue weighted by Crippen LogP contribution is -2.66. The van der Waals surface area contributed by atoms with E-state index in [1.165, 1.54) is 51.4 Å². The van der Waals surface area contributed by atoms with Crippen molar-refractivity contribution in [3.8, 4) is 0 Å². The van der Waals surface area contributed by atoms with E-state index in [9.17, 15) is 8.42 Å². The Balaban J connectivity index is 1.28. The zero-order chi connectivity index (χ0) is 29.8. The van der Waals surface area contributed by atoms with Gasteiger partial charge in [0.2, 0.25) is 0 Å². The van der Waals surface area contributed by atoms with Gasteiger partial charge in [-0.2, -0.15) is 8.42 Å². The molecule has 1 aromatic rings. The van der Waals surface area contributed by atoms with Crippen LogP contribution in [0.15, 0.2) is 29.2 Å². The second-order valence-electron chi connectivity index (χ2n) is 17.5. The van der Waals surface area contributed by atoms with Crippen LogP contribution in [0.1, 0.15) is 125 Å². The molecule has 5 aliphatic rings. The molecule has 230 valence electrons. The summed E-state index contributed by atoms with van der Waals surface area (Å²) in [5.41, 5.74) is 2.39. The molecule has 5 fully saturated rings. The minimum absolute atomic E-state index is 0.191. The van der Waals surface area contributed by atoms with Crippen LogP contribution in [0.4, 0.5) is 0 Å². The molecule has 6 rings (SSSR count). The number of hydrogen-bond donors (Lipinski definition) is 0. The van der Waals surface area contributed by atoms with E-state index >= 15 is 0 Å². The van der Waals surface area contributed by atoms with Crippen molar-refractivity contribution in [1.29, 1.82) is 0 Å². The average molecular weight is 583 g/mol. The number of fused-ring (bicyclic) bond motifs is 7. The van der Waals surface area contributed by atoms with Crippen molar-refractivity contribution < 1.29 is 12.6 Å². The minimum atomic E-state index is -3.79. The van der Waals surface area contributed by atoms with Gasteiger partial charge in [-0.1, -0.05) is 73.1 Å². The van der Waals surface area contributed by atoms with Gasteiger partial charge in [0.15, 0.2) is 0 Å². The lowest BCUT2D eigenvalue weighted by Gasteiger charge is -2.73. The molecule has 10 atom stereocenters. The van der Waals surface area contributed by atoms with Crippen LogP contribution in [-0.4, -0.2) is 14.5 Å². The monoisotopic (exact) mass is 582 g/mol. The van der Waals surface area contributed by atoms with Crippen molar-refractivity contribution >= 4 is 10.1 Å². The van der Waals surface area contributed by atoms with E-state index in [4.69, 9.17) is 4.18 Å². The fourth-order valence-electron chi connectivity index (χ4n) is 12.8. The van der Waals surface area contributed by atoms with E-state index in [-0.39, 0.29) is 21.8 Å². The highest BCUT2D eigenvalue weighted by molar-refractivity contribution is 7.86. The Morgan fingerprint density at radius 1 is 0.756 bits per heavy atom. The van der Waals surface area contributed by atoms with Crippen LogP contribution in [0.25, 0.3) is 0 Å². The first-order valence-electron chi connectivity index (χ1n) is 17.0. The van der Waals surface area contributed by atoms with E-state index in [2.05, 4.69) is 55.4 Å². The molecule has 3 nitrogen and oxygen atoms in total. The Labute approximate surface area is 252 Å². The highest BCUT2D eigenvalue weighted by Gasteiger charge is 2.70. The van der Waals surface area contributed by atoms with Crippen LogP contribution >= 0.6 is 0 Å². The lowest BCUT2D eigenvalue weighted by molar-refractivity contribution is -0.246. The largest absolute Gasteiger partial charge is 0.297 e. The normalized spacial score (nSPS) is 47.3. The van der Waals surface area contributed by atoms with Crippen molar-refractivity contribution in [2.24, 2.45) is 62.6 Å². The van der Waals surface area contributed by atoms with Crippen LogP contribution in [0.3, 0.4) is 0 Å². The molecular formula is C37H58O3S. The van der Waals surface area contributed by atoms with Crippen LogP contribution in [-0.2, 0) is 14.3 Å². The van der Waals surface area contributed by atoms with Crippen molar-refractivity contribution in [3.05, 3.63) is 29.8 Å². The fraction of sp³-hybridized carbons (Fsp3) is 0.838. The molecule has 5 aliphatic carbocycles. The van der Waals surface area contributed by atoms with Crippen molar-refractivity contribution in [3.63, 3.8) is 0 Å². The molecule has 0 bridgehead atoms. The van der Waals surface area contributed by atoms with Gasteiger partial charge >= 0.3 is 0 Å². The summed E-state index contributed by atoms with van der Waals surface area (Å²) in [5, 5.41) is 0. The van der Waals surface area contributed by atoms with Crippen LogP contribution in [0.5, 0.6) is 0 Å². The number of aryl methyl sites for hydroxylation is 1. The molecule has 0 N–H and O–H groups in total. The van der Waals surface area contributed by atoms with Gasteiger partial charge in [-0.05, 0) is 146 Å². The van der Waals surface area contributed by atoms with Gasteiger partial charge in [0.25, 0.3) is 10.1 Å². The van der Waals surface area contributed by atoms with E-state index in [0.29, 0.717) is 28.1 Å². The number of benzene rings is 1. The van der Waals surface area contributed by atoms with Crippen LogP contribution < -0.4 is 0 Å². The Hall–Kier alpha value is -0.870. The SMILES string of the molecule is Cc1ccc(S(=O)(=O)O[C@@H]2CC[C@@]3(C)[C@@H](CC[C@@]4(C)[C@H]3CC[C@@H]3[C@H]5[C@H](C(C)C)CC[C@]5(C)CC[C@]34C)C2(C)C)cc1. The summed E-state index contributed by atoms with van der Waals surface area (Å²) < 4.78 is 32.9. The average Bonchev–Trinajstić information content (AvgIpc) is 3.24. The molecule has 0 unspecified atom stereocenters. The van der Waals surface area contributed by atoms with Gasteiger partial charge in [0, 0.05) is 0 Å². The van der Waals surface area contributed by atoms with Crippen molar-refractivity contribution in [1.82, 2.24) is 0 Å². The Morgan fingerprint density at radius 3 is 2.10 bits per heavy atom. The topological polar surface area (TPSA) is 43.4 Å². The van der Waals surface area contributed by atoms with Gasteiger partial charge in [-0.25, -0.2) is 0 Å². The Bertz CT molecular complexity index is 1270. The molecule has 0 aliphatic heterocycles. The van der Waals surface area contributed by atoms with Gasteiger partial charge in [0.05, 0.1) is 11.0 Å². The third kappa shape index (κ3) is 4.22. The molecular weight excluding hydrogens is 524 g/mol. The fourth-order valence-corrected chi connectivity index (χ4v) is 14.0. The standard InChI is InChI=1S/C37H58O3S/c1-24(2)27-16-19-34(6)22-23-36(8)28(32(27)34)14-15-30-35(7)20-18-31(33(4,5)29(35)17-21-37(30,36)9)40-41(38,39)26-12-10-25(3)11-13-26/h10-13,24,27-32H,14-23H2,1-9H3/t27-,28+,29-,30-,31+,32+,34+,35-,36+,37-/m0/s1. The third-order valence-electron chi connectivity index (χ3n) is 15.2. The second-order valence-corrected chi connectivity index (χ2v) is 19.1. The van der Waals surface area contributed by atoms with E-state index in [0.717, 1.165) is 42.1 Å². The first-order chi connectivity index (χ1) is 19.0. The predicted octanol–water partition coefficient (Wildman–Crippen LogP) is 9.83. The first kappa shape index (κ1) is 30.2. The van der Waals surface area contributed by atoms with Gasteiger partial charge in [-0.15, -0.1) is 0 Å². The molecule has 0 radical (unpaired) electrons. The van der Waals surface area contributed by atoms with E-state index in [1.54, 1.807) is 12.1 Å². The molecule has 41 heavy (non-hydrogen) atoms. The maximum atomic E-state index is 13.4. The maximum absolute atomic E-state index is 13.4. The zero-order valence-corrected chi connectivity index (χ0v) is 28.4. The molecule has 0 saturated heterocycles. The summed E-state index contributed by atoms with van der Waals surface area (Å²) in [7, 11) is -3.79. The molecule has 0 amide bonds. The molecule has 0 aromatic heterocycles. The van der Waals surface area contributed by atoms with Gasteiger partial charge in [-0.3, -0.25) is 4.18 Å². The Kier molecular flexibility index (Phi) is 7.04. The highest BCUT2D eigenvalue weighted by Crippen LogP contribution is 2.77. The predicted molar refractivity (Wildman–Crippen MR) is 168 cm³/mol. The lowest BCUT2D eigenvalue weighted by atomic mass is 9.32. The smallest absolute Gasteiger partial charge is 0.262 e. The second kappa shape index (κ2) is 9.56. The molecule has 5 saturated carbocycles. The van der Waals surface area contributed by atoms with E-state index < -0.39 is 10.1 Å². The minimum Gasteiger partial charge on any atom is -0.262 e. The molecule has 4 heteroatoms. The van der Waals surface area contributed by atoms with Crippen molar-refractivity contribution in [2.75, 3.05) is 0 Å². The van der Waals surface area contributed by atoms with E-state index in [1.807, 2.05) is 19.1 Å². The zero-order valence-electron chi connectivity index (χ0n) is 27.6. The van der Waals surface area contributed by atoms with Gasteiger partial charge in [0.1, 0.15) is 0 Å².